The first-order valence-electron chi connectivity index (χ1n) is 12.3. The van der Waals surface area contributed by atoms with Crippen LogP contribution in [0.4, 0.5) is 0 Å². The monoisotopic (exact) mass is 472 g/mol. The van der Waals surface area contributed by atoms with Gasteiger partial charge in [-0.3, -0.25) is 9.59 Å². The van der Waals surface area contributed by atoms with E-state index in [0.717, 1.165) is 40.8 Å². The summed E-state index contributed by atoms with van der Waals surface area (Å²) < 4.78 is 5.39. The van der Waals surface area contributed by atoms with E-state index in [2.05, 4.69) is 12.2 Å². The van der Waals surface area contributed by atoms with Crippen LogP contribution in [0.3, 0.4) is 0 Å². The van der Waals surface area contributed by atoms with Gasteiger partial charge in [-0.05, 0) is 42.2 Å². The van der Waals surface area contributed by atoms with E-state index in [1.165, 1.54) is 0 Å². The maximum absolute atomic E-state index is 13.8. The Bertz CT molecular complexity index is 1100. The topological polar surface area (TPSA) is 58.6 Å². The molecule has 3 rings (SSSR count). The first kappa shape index (κ1) is 26.0. The number of hydrogen-bond donors (Lipinski definition) is 1. The number of aryl methyl sites for hydroxylation is 1. The van der Waals surface area contributed by atoms with Gasteiger partial charge in [0.25, 0.3) is 0 Å². The highest BCUT2D eigenvalue weighted by Gasteiger charge is 2.30. The lowest BCUT2D eigenvalue weighted by molar-refractivity contribution is -0.140. The molecule has 0 heterocycles. The average Bonchev–Trinajstić information content (AvgIpc) is 2.87. The van der Waals surface area contributed by atoms with Crippen LogP contribution in [-0.2, 0) is 29.0 Å². The maximum Gasteiger partial charge on any atom is 0.243 e. The van der Waals surface area contributed by atoms with Gasteiger partial charge < -0.3 is 15.0 Å². The second kappa shape index (κ2) is 13.3. The zero-order valence-electron chi connectivity index (χ0n) is 21.0. The summed E-state index contributed by atoms with van der Waals surface area (Å²) in [6.07, 6.45) is 2.57. The van der Waals surface area contributed by atoms with Crippen molar-refractivity contribution < 1.29 is 14.3 Å². The molecule has 0 saturated heterocycles. The highest BCUT2D eigenvalue weighted by molar-refractivity contribution is 5.88. The van der Waals surface area contributed by atoms with E-state index < -0.39 is 6.04 Å². The minimum Gasteiger partial charge on any atom is -0.497 e. The number of benzene rings is 3. The summed E-state index contributed by atoms with van der Waals surface area (Å²) in [5.41, 5.74) is 3.98. The largest absolute Gasteiger partial charge is 0.497 e. The van der Waals surface area contributed by atoms with Crippen LogP contribution >= 0.6 is 0 Å². The average molecular weight is 473 g/mol. The van der Waals surface area contributed by atoms with Crippen LogP contribution in [-0.4, -0.2) is 36.4 Å². The van der Waals surface area contributed by atoms with Crippen molar-refractivity contribution in [3.05, 3.63) is 101 Å². The highest BCUT2D eigenvalue weighted by Crippen LogP contribution is 2.19. The van der Waals surface area contributed by atoms with E-state index >= 15 is 0 Å². The van der Waals surface area contributed by atoms with Gasteiger partial charge in [-0.15, -0.1) is 0 Å². The molecule has 3 aromatic rings. The molecule has 0 aliphatic carbocycles. The van der Waals surface area contributed by atoms with Crippen molar-refractivity contribution in [1.29, 1.82) is 0 Å². The van der Waals surface area contributed by atoms with Gasteiger partial charge >= 0.3 is 0 Å². The molecular formula is C30H36N2O3. The number of hydrogen-bond acceptors (Lipinski definition) is 3. The number of methoxy groups -OCH3 is 1. The van der Waals surface area contributed by atoms with Gasteiger partial charge in [0, 0.05) is 19.5 Å². The fraction of sp³-hybridized carbons (Fsp3) is 0.333. The van der Waals surface area contributed by atoms with E-state index in [1.807, 2.05) is 85.8 Å². The number of carbonyl (C=O) groups is 2. The van der Waals surface area contributed by atoms with Crippen molar-refractivity contribution in [3.8, 4) is 5.75 Å². The molecule has 0 saturated carbocycles. The van der Waals surface area contributed by atoms with Gasteiger partial charge in [0.15, 0.2) is 0 Å². The molecule has 0 fully saturated rings. The van der Waals surface area contributed by atoms with Crippen LogP contribution < -0.4 is 10.1 Å². The molecule has 5 heteroatoms. The molecule has 1 unspecified atom stereocenters. The number of amides is 2. The standard InChI is InChI=1S/C30H36N2O3/c1-4-5-17-31-30(34)28(20-24-12-7-6-8-13-24)32(22-26-15-10-16-27(19-26)35-3)29(33)21-25-14-9-11-23(2)18-25/h6-16,18-19,28H,4-5,17,20-22H2,1-3H3,(H,31,34). The van der Waals surface area contributed by atoms with E-state index in [9.17, 15) is 9.59 Å². The molecule has 5 nitrogen and oxygen atoms in total. The Balaban J connectivity index is 1.95. The third-order valence-electron chi connectivity index (χ3n) is 6.03. The predicted molar refractivity (Wildman–Crippen MR) is 140 cm³/mol. The molecule has 3 aromatic carbocycles. The molecule has 2 amide bonds. The highest BCUT2D eigenvalue weighted by atomic mass is 16.5. The van der Waals surface area contributed by atoms with Crippen LogP contribution in [0.2, 0.25) is 0 Å². The molecule has 0 spiro atoms. The van der Waals surface area contributed by atoms with Crippen LogP contribution in [0.1, 0.15) is 42.0 Å². The second-order valence-electron chi connectivity index (χ2n) is 8.89. The minimum atomic E-state index is -0.627. The summed E-state index contributed by atoms with van der Waals surface area (Å²) in [4.78, 5) is 28.9. The zero-order chi connectivity index (χ0) is 25.0. The van der Waals surface area contributed by atoms with Gasteiger partial charge in [-0.25, -0.2) is 0 Å². The lowest BCUT2D eigenvalue weighted by atomic mass is 10.0. The third kappa shape index (κ3) is 7.99. The summed E-state index contributed by atoms with van der Waals surface area (Å²) in [6.45, 7) is 5.02. The number of nitrogens with one attached hydrogen (secondary N) is 1. The lowest BCUT2D eigenvalue weighted by Gasteiger charge is -2.32. The summed E-state index contributed by atoms with van der Waals surface area (Å²) in [6, 6.07) is 24.9. The fourth-order valence-electron chi connectivity index (χ4n) is 4.13. The fourth-order valence-corrected chi connectivity index (χ4v) is 4.13. The first-order chi connectivity index (χ1) is 17.0. The molecule has 0 bridgehead atoms. The Kier molecular flexibility index (Phi) is 9.91. The molecule has 0 aliphatic rings. The van der Waals surface area contributed by atoms with Crippen LogP contribution in [0, 0.1) is 6.92 Å². The molecule has 0 aliphatic heterocycles. The number of carbonyl (C=O) groups excluding carboxylic acids is 2. The van der Waals surface area contributed by atoms with Gasteiger partial charge in [0.1, 0.15) is 11.8 Å². The van der Waals surface area contributed by atoms with Crippen LogP contribution in [0.25, 0.3) is 0 Å². The van der Waals surface area contributed by atoms with Crippen LogP contribution in [0.15, 0.2) is 78.9 Å². The van der Waals surface area contributed by atoms with E-state index in [4.69, 9.17) is 4.74 Å². The van der Waals surface area contributed by atoms with Crippen molar-refractivity contribution in [1.82, 2.24) is 10.2 Å². The van der Waals surface area contributed by atoms with Crippen molar-refractivity contribution >= 4 is 11.8 Å². The summed E-state index contributed by atoms with van der Waals surface area (Å²) >= 11 is 0. The van der Waals surface area contributed by atoms with Gasteiger partial charge in [0.05, 0.1) is 13.5 Å². The Morgan fingerprint density at radius 1 is 0.914 bits per heavy atom. The molecular weight excluding hydrogens is 436 g/mol. The van der Waals surface area contributed by atoms with Crippen molar-refractivity contribution in [2.75, 3.05) is 13.7 Å². The van der Waals surface area contributed by atoms with Gasteiger partial charge in [-0.1, -0.05) is 85.6 Å². The van der Waals surface area contributed by atoms with Crippen molar-refractivity contribution in [3.63, 3.8) is 0 Å². The van der Waals surface area contributed by atoms with E-state index in [1.54, 1.807) is 12.0 Å². The summed E-state index contributed by atoms with van der Waals surface area (Å²) in [5, 5.41) is 3.06. The Hall–Kier alpha value is -3.60. The molecule has 35 heavy (non-hydrogen) atoms. The smallest absolute Gasteiger partial charge is 0.243 e. The first-order valence-corrected chi connectivity index (χ1v) is 12.3. The third-order valence-corrected chi connectivity index (χ3v) is 6.03. The number of nitrogens with zero attached hydrogens (tertiary/aromatic N) is 1. The zero-order valence-corrected chi connectivity index (χ0v) is 21.0. The molecule has 0 aromatic heterocycles. The van der Waals surface area contributed by atoms with Crippen LogP contribution in [0.5, 0.6) is 5.75 Å². The van der Waals surface area contributed by atoms with Crippen molar-refractivity contribution in [2.45, 2.75) is 52.1 Å². The molecule has 1 atom stereocenters. The normalized spacial score (nSPS) is 11.5. The molecule has 1 N–H and O–H groups in total. The lowest BCUT2D eigenvalue weighted by Crippen LogP contribution is -2.51. The van der Waals surface area contributed by atoms with Crippen molar-refractivity contribution in [2.24, 2.45) is 0 Å². The number of unbranched alkanes of at least 4 members (excludes halogenated alkanes) is 1. The van der Waals surface area contributed by atoms with Gasteiger partial charge in [-0.2, -0.15) is 0 Å². The number of ether oxygens (including phenoxy) is 1. The van der Waals surface area contributed by atoms with E-state index in [-0.39, 0.29) is 18.2 Å². The summed E-state index contributed by atoms with van der Waals surface area (Å²) in [7, 11) is 1.62. The predicted octanol–water partition coefficient (Wildman–Crippen LogP) is 5.10. The second-order valence-corrected chi connectivity index (χ2v) is 8.89. The molecule has 184 valence electrons. The minimum absolute atomic E-state index is 0.0787. The summed E-state index contributed by atoms with van der Waals surface area (Å²) in [5.74, 6) is 0.522. The Labute approximate surface area is 209 Å². The maximum atomic E-state index is 13.8. The Morgan fingerprint density at radius 3 is 2.34 bits per heavy atom. The SMILES string of the molecule is CCCCNC(=O)C(Cc1ccccc1)N(Cc1cccc(OC)c1)C(=O)Cc1cccc(C)c1. The number of rotatable bonds is 12. The van der Waals surface area contributed by atoms with Gasteiger partial charge in [0.2, 0.25) is 11.8 Å². The molecule has 0 radical (unpaired) electrons. The van der Waals surface area contributed by atoms with E-state index in [0.29, 0.717) is 19.5 Å². The quantitative estimate of drug-likeness (QED) is 0.373. The Morgan fingerprint density at radius 2 is 1.63 bits per heavy atom.